The summed E-state index contributed by atoms with van der Waals surface area (Å²) in [6.07, 6.45) is 1.67. The molecule has 0 radical (unpaired) electrons. The van der Waals surface area contributed by atoms with Gasteiger partial charge in [0.25, 0.3) is 0 Å². The molecule has 1 fully saturated rings. The molecule has 1 rings (SSSR count). The molecular formula is C6H10FN. The lowest BCUT2D eigenvalue weighted by Crippen LogP contribution is -2.54. The van der Waals surface area contributed by atoms with E-state index in [9.17, 15) is 4.39 Å². The Bertz CT molecular complexity index is 101. The largest absolute Gasteiger partial charge is 0.371 e. The first-order valence-electron chi connectivity index (χ1n) is 2.69. The standard InChI is InChI=1S/C6H10FN/c1-3-8-4-6(2,7)5-8/h3H,1,4-5H2,2H3. The van der Waals surface area contributed by atoms with Gasteiger partial charge in [0.15, 0.2) is 0 Å². The van der Waals surface area contributed by atoms with E-state index in [4.69, 9.17) is 0 Å². The van der Waals surface area contributed by atoms with Gasteiger partial charge in [-0.25, -0.2) is 4.39 Å². The van der Waals surface area contributed by atoms with Crippen LogP contribution in [0, 0.1) is 0 Å². The highest BCUT2D eigenvalue weighted by Crippen LogP contribution is 2.23. The van der Waals surface area contributed by atoms with Crippen molar-refractivity contribution in [3.63, 3.8) is 0 Å². The zero-order valence-electron chi connectivity index (χ0n) is 5.02. The predicted molar refractivity (Wildman–Crippen MR) is 31.3 cm³/mol. The minimum absolute atomic E-state index is 0.510. The van der Waals surface area contributed by atoms with E-state index in [0.717, 1.165) is 0 Å². The van der Waals surface area contributed by atoms with Gasteiger partial charge in [-0.15, -0.1) is 0 Å². The zero-order chi connectivity index (χ0) is 6.20. The highest BCUT2D eigenvalue weighted by Gasteiger charge is 2.36. The van der Waals surface area contributed by atoms with E-state index in [-0.39, 0.29) is 0 Å². The molecule has 46 valence electrons. The van der Waals surface area contributed by atoms with E-state index in [2.05, 4.69) is 6.58 Å². The quantitative estimate of drug-likeness (QED) is 0.496. The Hall–Kier alpha value is -0.530. The van der Waals surface area contributed by atoms with Gasteiger partial charge in [-0.3, -0.25) is 0 Å². The van der Waals surface area contributed by atoms with E-state index in [0.29, 0.717) is 13.1 Å². The predicted octanol–water partition coefficient (Wildman–Crippen LogP) is 1.17. The molecule has 1 nitrogen and oxygen atoms in total. The Balaban J connectivity index is 2.31. The van der Waals surface area contributed by atoms with Crippen LogP contribution in [0.4, 0.5) is 4.39 Å². The molecule has 2 heteroatoms. The van der Waals surface area contributed by atoms with Crippen LogP contribution in [0.5, 0.6) is 0 Å². The molecule has 1 heterocycles. The summed E-state index contributed by atoms with van der Waals surface area (Å²) in [5.41, 5.74) is -0.950. The number of rotatable bonds is 1. The van der Waals surface area contributed by atoms with Crippen molar-refractivity contribution in [3.8, 4) is 0 Å². The van der Waals surface area contributed by atoms with Crippen LogP contribution in [0.1, 0.15) is 6.92 Å². The summed E-state index contributed by atoms with van der Waals surface area (Å²) < 4.78 is 12.6. The maximum absolute atomic E-state index is 12.6. The summed E-state index contributed by atoms with van der Waals surface area (Å²) in [5.74, 6) is 0. The average molecular weight is 115 g/mol. The highest BCUT2D eigenvalue weighted by molar-refractivity contribution is 4.96. The average Bonchev–Trinajstić information content (AvgIpc) is 1.60. The Morgan fingerprint density at radius 1 is 1.75 bits per heavy atom. The van der Waals surface area contributed by atoms with Gasteiger partial charge in [0.1, 0.15) is 5.67 Å². The molecule has 0 aliphatic carbocycles. The molecule has 8 heavy (non-hydrogen) atoms. The van der Waals surface area contributed by atoms with Gasteiger partial charge < -0.3 is 4.90 Å². The highest BCUT2D eigenvalue weighted by atomic mass is 19.1. The molecule has 0 N–H and O–H groups in total. The van der Waals surface area contributed by atoms with Crippen molar-refractivity contribution in [1.29, 1.82) is 0 Å². The third kappa shape index (κ3) is 0.831. The van der Waals surface area contributed by atoms with E-state index in [1.54, 1.807) is 13.1 Å². The lowest BCUT2D eigenvalue weighted by molar-refractivity contribution is 0.0159. The molecule has 0 amide bonds. The summed E-state index contributed by atoms with van der Waals surface area (Å²) in [4.78, 5) is 1.85. The molecule has 1 aliphatic heterocycles. The molecule has 0 unspecified atom stereocenters. The number of likely N-dealkylation sites (tertiary alicyclic amines) is 1. The first kappa shape index (κ1) is 5.60. The van der Waals surface area contributed by atoms with Crippen LogP contribution in [0.25, 0.3) is 0 Å². The maximum Gasteiger partial charge on any atom is 0.142 e. The fourth-order valence-corrected chi connectivity index (χ4v) is 0.930. The van der Waals surface area contributed by atoms with Gasteiger partial charge in [0, 0.05) is 0 Å². The number of hydrogen-bond acceptors (Lipinski definition) is 1. The molecule has 0 saturated carbocycles. The third-order valence-electron chi connectivity index (χ3n) is 1.32. The first-order chi connectivity index (χ1) is 3.64. The summed E-state index contributed by atoms with van der Waals surface area (Å²) >= 11 is 0. The Morgan fingerprint density at radius 2 is 2.25 bits per heavy atom. The molecule has 0 atom stereocenters. The Morgan fingerprint density at radius 3 is 2.38 bits per heavy atom. The lowest BCUT2D eigenvalue weighted by Gasteiger charge is -2.41. The van der Waals surface area contributed by atoms with Crippen molar-refractivity contribution in [2.45, 2.75) is 12.6 Å². The molecular weight excluding hydrogens is 105 g/mol. The number of alkyl halides is 1. The van der Waals surface area contributed by atoms with Crippen molar-refractivity contribution >= 4 is 0 Å². The number of halogens is 1. The second-order valence-corrected chi connectivity index (χ2v) is 2.50. The lowest BCUT2D eigenvalue weighted by atomic mass is 10.0. The van der Waals surface area contributed by atoms with Crippen molar-refractivity contribution in [3.05, 3.63) is 12.8 Å². The van der Waals surface area contributed by atoms with Gasteiger partial charge in [-0.05, 0) is 13.1 Å². The fourth-order valence-electron chi connectivity index (χ4n) is 0.930. The topological polar surface area (TPSA) is 3.24 Å². The molecule has 0 aromatic heterocycles. The third-order valence-corrected chi connectivity index (χ3v) is 1.32. The van der Waals surface area contributed by atoms with E-state index in [1.807, 2.05) is 4.90 Å². The Kier molecular flexibility index (Phi) is 1.03. The van der Waals surface area contributed by atoms with Gasteiger partial charge in [0.05, 0.1) is 13.1 Å². The first-order valence-corrected chi connectivity index (χ1v) is 2.69. The fraction of sp³-hybridized carbons (Fsp3) is 0.667. The van der Waals surface area contributed by atoms with E-state index < -0.39 is 5.67 Å². The van der Waals surface area contributed by atoms with Crippen molar-refractivity contribution in [2.75, 3.05) is 13.1 Å². The van der Waals surface area contributed by atoms with Crippen LogP contribution >= 0.6 is 0 Å². The van der Waals surface area contributed by atoms with Crippen LogP contribution in [0.15, 0.2) is 12.8 Å². The minimum atomic E-state index is -0.950. The zero-order valence-corrected chi connectivity index (χ0v) is 5.02. The SMILES string of the molecule is C=CN1CC(C)(F)C1. The van der Waals surface area contributed by atoms with Crippen LogP contribution in [0.2, 0.25) is 0 Å². The summed E-state index contributed by atoms with van der Waals surface area (Å²) in [7, 11) is 0. The molecule has 1 saturated heterocycles. The molecule has 0 spiro atoms. The number of hydrogen-bond donors (Lipinski definition) is 0. The van der Waals surface area contributed by atoms with Gasteiger partial charge in [0.2, 0.25) is 0 Å². The normalized spacial score (nSPS) is 24.5. The van der Waals surface area contributed by atoms with Gasteiger partial charge in [-0.2, -0.15) is 0 Å². The van der Waals surface area contributed by atoms with Crippen LogP contribution in [-0.4, -0.2) is 23.7 Å². The second kappa shape index (κ2) is 1.47. The van der Waals surface area contributed by atoms with Crippen molar-refractivity contribution < 1.29 is 4.39 Å². The van der Waals surface area contributed by atoms with Crippen LogP contribution in [0.3, 0.4) is 0 Å². The maximum atomic E-state index is 12.6. The molecule has 0 bridgehead atoms. The summed E-state index contributed by atoms with van der Waals surface area (Å²) in [6.45, 7) is 6.13. The molecule has 0 aromatic rings. The van der Waals surface area contributed by atoms with Crippen molar-refractivity contribution in [2.24, 2.45) is 0 Å². The molecule has 0 aromatic carbocycles. The van der Waals surface area contributed by atoms with E-state index in [1.165, 1.54) is 0 Å². The second-order valence-electron chi connectivity index (χ2n) is 2.50. The Labute approximate surface area is 48.8 Å². The minimum Gasteiger partial charge on any atom is -0.371 e. The molecule has 1 aliphatic rings. The van der Waals surface area contributed by atoms with E-state index >= 15 is 0 Å². The summed E-state index contributed by atoms with van der Waals surface area (Å²) in [5, 5.41) is 0. The van der Waals surface area contributed by atoms with Crippen molar-refractivity contribution in [1.82, 2.24) is 4.90 Å². The smallest absolute Gasteiger partial charge is 0.142 e. The van der Waals surface area contributed by atoms with Crippen LogP contribution in [-0.2, 0) is 0 Å². The monoisotopic (exact) mass is 115 g/mol. The summed E-state index contributed by atoms with van der Waals surface area (Å²) in [6, 6.07) is 0. The van der Waals surface area contributed by atoms with Crippen LogP contribution < -0.4 is 0 Å². The van der Waals surface area contributed by atoms with Gasteiger partial charge >= 0.3 is 0 Å². The van der Waals surface area contributed by atoms with Gasteiger partial charge in [-0.1, -0.05) is 6.58 Å². The number of nitrogens with zero attached hydrogens (tertiary/aromatic N) is 1.